The second kappa shape index (κ2) is 10.4. The topological polar surface area (TPSA) is 123 Å². The number of non-ortho nitro benzene ring substituents is 1. The Morgan fingerprint density at radius 3 is 2.44 bits per heavy atom. The molecule has 1 aromatic heterocycles. The number of benzene rings is 2. The SMILES string of the molecule is COC(=O)c1ccc(Nc2nc(NC3CCN(C4CCCC4)CC3)nc3ccc([N+](=O)[O-])cc23)cc1. The van der Waals surface area contributed by atoms with E-state index < -0.39 is 10.9 Å². The first-order valence-electron chi connectivity index (χ1n) is 12.4. The zero-order valence-electron chi connectivity index (χ0n) is 20.3. The molecule has 0 spiro atoms. The molecule has 2 fully saturated rings. The molecule has 1 aliphatic heterocycles. The van der Waals surface area contributed by atoms with Crippen molar-refractivity contribution in [1.29, 1.82) is 0 Å². The van der Waals surface area contributed by atoms with Crippen LogP contribution in [0.4, 0.5) is 23.1 Å². The minimum absolute atomic E-state index is 0.0322. The molecule has 10 heteroatoms. The van der Waals surface area contributed by atoms with Crippen LogP contribution in [0.1, 0.15) is 48.9 Å². The molecule has 0 amide bonds. The smallest absolute Gasteiger partial charge is 0.337 e. The minimum Gasteiger partial charge on any atom is -0.465 e. The molecule has 2 heterocycles. The first-order valence-corrected chi connectivity index (χ1v) is 12.4. The molecule has 2 aromatic carbocycles. The number of methoxy groups -OCH3 is 1. The Morgan fingerprint density at radius 2 is 1.78 bits per heavy atom. The summed E-state index contributed by atoms with van der Waals surface area (Å²) in [6.07, 6.45) is 7.35. The quantitative estimate of drug-likeness (QED) is 0.271. The number of esters is 1. The van der Waals surface area contributed by atoms with Gasteiger partial charge in [0, 0.05) is 48.4 Å². The Kier molecular flexibility index (Phi) is 6.95. The summed E-state index contributed by atoms with van der Waals surface area (Å²) in [7, 11) is 1.33. The van der Waals surface area contributed by atoms with Gasteiger partial charge in [0.2, 0.25) is 5.95 Å². The number of hydrogen-bond donors (Lipinski definition) is 2. The molecule has 1 saturated heterocycles. The second-order valence-electron chi connectivity index (χ2n) is 9.44. The highest BCUT2D eigenvalue weighted by molar-refractivity contribution is 5.94. The van der Waals surface area contributed by atoms with Crippen LogP contribution in [0.15, 0.2) is 42.5 Å². The third-order valence-electron chi connectivity index (χ3n) is 7.16. The number of carbonyl (C=O) groups is 1. The van der Waals surface area contributed by atoms with Crippen molar-refractivity contribution in [1.82, 2.24) is 14.9 Å². The van der Waals surface area contributed by atoms with Crippen molar-refractivity contribution in [2.45, 2.75) is 50.6 Å². The first-order chi connectivity index (χ1) is 17.5. The van der Waals surface area contributed by atoms with Crippen molar-refractivity contribution in [3.05, 3.63) is 58.1 Å². The van der Waals surface area contributed by atoms with E-state index in [0.29, 0.717) is 33.9 Å². The molecule has 5 rings (SSSR count). The lowest BCUT2D eigenvalue weighted by atomic mass is 10.0. The van der Waals surface area contributed by atoms with E-state index in [2.05, 4.69) is 20.5 Å². The number of aromatic nitrogens is 2. The van der Waals surface area contributed by atoms with E-state index >= 15 is 0 Å². The molecule has 0 bridgehead atoms. The third-order valence-corrected chi connectivity index (χ3v) is 7.16. The number of rotatable bonds is 7. The Bertz CT molecular complexity index is 1250. The molecule has 0 unspecified atom stereocenters. The largest absolute Gasteiger partial charge is 0.465 e. The van der Waals surface area contributed by atoms with Gasteiger partial charge in [-0.05, 0) is 56.0 Å². The molecular formula is C26H30N6O4. The molecule has 10 nitrogen and oxygen atoms in total. The Labute approximate surface area is 209 Å². The molecule has 0 atom stereocenters. The van der Waals surface area contributed by atoms with Gasteiger partial charge >= 0.3 is 5.97 Å². The average molecular weight is 491 g/mol. The van der Waals surface area contributed by atoms with Crippen molar-refractivity contribution >= 4 is 40.0 Å². The zero-order chi connectivity index (χ0) is 25.1. The van der Waals surface area contributed by atoms with Crippen LogP contribution in [0, 0.1) is 10.1 Å². The highest BCUT2D eigenvalue weighted by Crippen LogP contribution is 2.30. The third kappa shape index (κ3) is 5.23. The van der Waals surface area contributed by atoms with Gasteiger partial charge in [0.25, 0.3) is 5.69 Å². The summed E-state index contributed by atoms with van der Waals surface area (Å²) in [6.45, 7) is 2.14. The highest BCUT2D eigenvalue weighted by Gasteiger charge is 2.27. The molecule has 188 valence electrons. The molecule has 3 aromatic rings. The van der Waals surface area contributed by atoms with Gasteiger partial charge < -0.3 is 20.3 Å². The molecule has 0 radical (unpaired) electrons. The lowest BCUT2D eigenvalue weighted by Gasteiger charge is -2.36. The fourth-order valence-corrected chi connectivity index (χ4v) is 5.19. The summed E-state index contributed by atoms with van der Waals surface area (Å²) in [5.74, 6) is 0.528. The van der Waals surface area contributed by atoms with Crippen molar-refractivity contribution in [2.75, 3.05) is 30.8 Å². The van der Waals surface area contributed by atoms with Crippen LogP contribution >= 0.6 is 0 Å². The first kappa shape index (κ1) is 23.9. The highest BCUT2D eigenvalue weighted by atomic mass is 16.6. The lowest BCUT2D eigenvalue weighted by Crippen LogP contribution is -2.43. The van der Waals surface area contributed by atoms with Crippen LogP contribution in [0.5, 0.6) is 0 Å². The molecule has 1 aliphatic carbocycles. The Morgan fingerprint density at radius 1 is 1.06 bits per heavy atom. The van der Waals surface area contributed by atoms with E-state index in [-0.39, 0.29) is 11.7 Å². The fourth-order valence-electron chi connectivity index (χ4n) is 5.19. The Balaban J connectivity index is 1.38. The van der Waals surface area contributed by atoms with Crippen LogP contribution < -0.4 is 10.6 Å². The number of fused-ring (bicyclic) bond motifs is 1. The molecule has 36 heavy (non-hydrogen) atoms. The molecule has 2 aliphatic rings. The van der Waals surface area contributed by atoms with Crippen LogP contribution in [0.25, 0.3) is 10.9 Å². The summed E-state index contributed by atoms with van der Waals surface area (Å²) in [5, 5.41) is 18.7. The van der Waals surface area contributed by atoms with E-state index in [1.807, 2.05) is 0 Å². The molecule has 2 N–H and O–H groups in total. The summed E-state index contributed by atoms with van der Waals surface area (Å²) in [6, 6.07) is 12.4. The van der Waals surface area contributed by atoms with Crippen molar-refractivity contribution in [3.63, 3.8) is 0 Å². The van der Waals surface area contributed by atoms with Gasteiger partial charge in [-0.15, -0.1) is 0 Å². The predicted octanol–water partition coefficient (Wildman–Crippen LogP) is 4.89. The van der Waals surface area contributed by atoms with Crippen molar-refractivity contribution in [2.24, 2.45) is 0 Å². The number of hydrogen-bond acceptors (Lipinski definition) is 9. The van der Waals surface area contributed by atoms with Gasteiger partial charge in [0.1, 0.15) is 5.82 Å². The maximum atomic E-state index is 11.7. The number of nitrogens with zero attached hydrogens (tertiary/aromatic N) is 4. The monoisotopic (exact) mass is 490 g/mol. The van der Waals surface area contributed by atoms with Crippen LogP contribution in [0.2, 0.25) is 0 Å². The minimum atomic E-state index is -0.432. The zero-order valence-corrected chi connectivity index (χ0v) is 20.3. The maximum absolute atomic E-state index is 11.7. The summed E-state index contributed by atoms with van der Waals surface area (Å²) in [4.78, 5) is 34.7. The van der Waals surface area contributed by atoms with E-state index in [0.717, 1.165) is 32.0 Å². The van der Waals surface area contributed by atoms with E-state index in [1.54, 1.807) is 30.3 Å². The van der Waals surface area contributed by atoms with Gasteiger partial charge in [0.15, 0.2) is 0 Å². The second-order valence-corrected chi connectivity index (χ2v) is 9.44. The normalized spacial score (nSPS) is 17.2. The van der Waals surface area contributed by atoms with Gasteiger partial charge in [-0.1, -0.05) is 12.8 Å². The number of nitro groups is 1. The molecule has 1 saturated carbocycles. The van der Waals surface area contributed by atoms with Gasteiger partial charge in [-0.2, -0.15) is 4.98 Å². The van der Waals surface area contributed by atoms with Crippen LogP contribution in [-0.2, 0) is 4.74 Å². The predicted molar refractivity (Wildman–Crippen MR) is 138 cm³/mol. The number of carbonyl (C=O) groups excluding carboxylic acids is 1. The number of likely N-dealkylation sites (tertiary alicyclic amines) is 1. The fraction of sp³-hybridized carbons (Fsp3) is 0.423. The number of ether oxygens (including phenoxy) is 1. The summed E-state index contributed by atoms with van der Waals surface area (Å²) < 4.78 is 4.76. The van der Waals surface area contributed by atoms with Gasteiger partial charge in [0.05, 0.1) is 23.1 Å². The number of piperidine rings is 1. The maximum Gasteiger partial charge on any atom is 0.337 e. The summed E-state index contributed by atoms with van der Waals surface area (Å²) >= 11 is 0. The van der Waals surface area contributed by atoms with Gasteiger partial charge in [-0.25, -0.2) is 9.78 Å². The lowest BCUT2D eigenvalue weighted by molar-refractivity contribution is -0.384. The number of nitro benzene ring substituents is 1. The average Bonchev–Trinajstić information content (AvgIpc) is 3.44. The van der Waals surface area contributed by atoms with E-state index in [9.17, 15) is 14.9 Å². The van der Waals surface area contributed by atoms with Crippen molar-refractivity contribution < 1.29 is 14.5 Å². The number of anilines is 3. The van der Waals surface area contributed by atoms with Crippen LogP contribution in [0.3, 0.4) is 0 Å². The van der Waals surface area contributed by atoms with E-state index in [1.165, 1.54) is 44.9 Å². The van der Waals surface area contributed by atoms with Gasteiger partial charge in [-0.3, -0.25) is 10.1 Å². The number of nitrogens with one attached hydrogen (secondary N) is 2. The van der Waals surface area contributed by atoms with Crippen LogP contribution in [-0.4, -0.2) is 58.0 Å². The Hall–Kier alpha value is -3.79. The van der Waals surface area contributed by atoms with Crippen molar-refractivity contribution in [3.8, 4) is 0 Å². The standard InChI is InChI=1S/C26H30N6O4/c1-36-25(33)17-6-8-18(9-7-17)27-24-22-16-21(32(34)35)10-11-23(22)29-26(30-24)28-19-12-14-31(15-13-19)20-4-2-3-5-20/h6-11,16,19-20H,2-5,12-15H2,1H3,(H2,27,28,29,30). The van der Waals surface area contributed by atoms with E-state index in [4.69, 9.17) is 9.72 Å². The molecular weight excluding hydrogens is 460 g/mol. The summed E-state index contributed by atoms with van der Waals surface area (Å²) in [5.41, 5.74) is 1.69.